The molecule has 6 nitrogen and oxygen atoms in total. The minimum Gasteiger partial charge on any atom is -0.377 e. The topological polar surface area (TPSA) is 59.5 Å². The Morgan fingerprint density at radius 3 is 2.75 bits per heavy atom. The van der Waals surface area contributed by atoms with Gasteiger partial charge in [0.05, 0.1) is 19.3 Å². The fourth-order valence-electron chi connectivity index (χ4n) is 4.11. The minimum absolute atomic E-state index is 0.163. The van der Waals surface area contributed by atoms with Crippen LogP contribution in [0.5, 0.6) is 0 Å². The van der Waals surface area contributed by atoms with Gasteiger partial charge in [-0.2, -0.15) is 0 Å². The summed E-state index contributed by atoms with van der Waals surface area (Å²) < 4.78 is 12.4. The number of ether oxygens (including phenoxy) is 2. The van der Waals surface area contributed by atoms with Gasteiger partial charge in [-0.25, -0.2) is 9.97 Å². The van der Waals surface area contributed by atoms with Crippen LogP contribution in [0.3, 0.4) is 0 Å². The van der Waals surface area contributed by atoms with Crippen molar-refractivity contribution in [2.75, 3.05) is 38.2 Å². The number of nitrogens with zero attached hydrogens (tertiary/aromatic N) is 3. The van der Waals surface area contributed by atoms with Crippen LogP contribution < -0.4 is 5.32 Å². The number of nitrogens with one attached hydrogen (secondary N) is 1. The summed E-state index contributed by atoms with van der Waals surface area (Å²) in [6, 6.07) is 10.8. The van der Waals surface area contributed by atoms with Crippen molar-refractivity contribution in [1.82, 2.24) is 14.9 Å². The van der Waals surface area contributed by atoms with Gasteiger partial charge in [0.1, 0.15) is 5.60 Å². The first kappa shape index (κ1) is 19.3. The SMILES string of the molecule is CCc1ccc(CN2CCOC[C@]3(CC[C@H](CNc4ncccn4)O3)C2)cc1. The van der Waals surface area contributed by atoms with E-state index in [1.165, 1.54) is 11.1 Å². The van der Waals surface area contributed by atoms with Crippen LogP contribution in [0.2, 0.25) is 0 Å². The molecule has 2 aliphatic heterocycles. The molecule has 28 heavy (non-hydrogen) atoms. The monoisotopic (exact) mass is 382 g/mol. The van der Waals surface area contributed by atoms with Crippen LogP contribution in [-0.2, 0) is 22.4 Å². The third kappa shape index (κ3) is 4.87. The van der Waals surface area contributed by atoms with Gasteiger partial charge >= 0.3 is 0 Å². The lowest BCUT2D eigenvalue weighted by Crippen LogP contribution is -2.44. The van der Waals surface area contributed by atoms with Crippen molar-refractivity contribution in [2.24, 2.45) is 0 Å². The Kier molecular flexibility index (Phi) is 6.20. The van der Waals surface area contributed by atoms with Gasteiger partial charge in [0.2, 0.25) is 5.95 Å². The molecule has 0 amide bonds. The van der Waals surface area contributed by atoms with Crippen LogP contribution >= 0.6 is 0 Å². The summed E-state index contributed by atoms with van der Waals surface area (Å²) in [5.74, 6) is 0.654. The molecule has 2 aliphatic rings. The van der Waals surface area contributed by atoms with E-state index in [0.29, 0.717) is 12.6 Å². The molecule has 0 aliphatic carbocycles. The van der Waals surface area contributed by atoms with E-state index in [4.69, 9.17) is 9.47 Å². The molecule has 4 rings (SSSR count). The summed E-state index contributed by atoms with van der Waals surface area (Å²) >= 11 is 0. The molecule has 2 saturated heterocycles. The van der Waals surface area contributed by atoms with Crippen LogP contribution in [0, 0.1) is 0 Å². The Bertz CT molecular complexity index is 740. The molecule has 6 heteroatoms. The second kappa shape index (κ2) is 8.99. The van der Waals surface area contributed by atoms with E-state index in [0.717, 1.165) is 52.0 Å². The highest BCUT2D eigenvalue weighted by atomic mass is 16.6. The predicted octanol–water partition coefficient (Wildman–Crippen LogP) is 2.90. The number of hydrogen-bond acceptors (Lipinski definition) is 6. The highest BCUT2D eigenvalue weighted by molar-refractivity contribution is 5.23. The largest absolute Gasteiger partial charge is 0.377 e. The fourth-order valence-corrected chi connectivity index (χ4v) is 4.11. The second-order valence-corrected chi connectivity index (χ2v) is 7.85. The number of rotatable bonds is 6. The average molecular weight is 383 g/mol. The van der Waals surface area contributed by atoms with Gasteiger partial charge in [0.25, 0.3) is 0 Å². The third-order valence-electron chi connectivity index (χ3n) is 5.66. The zero-order valence-electron chi connectivity index (χ0n) is 16.6. The summed E-state index contributed by atoms with van der Waals surface area (Å²) in [6.45, 7) is 7.17. The predicted molar refractivity (Wildman–Crippen MR) is 109 cm³/mol. The number of benzene rings is 1. The van der Waals surface area contributed by atoms with Gasteiger partial charge in [-0.1, -0.05) is 31.2 Å². The molecular formula is C22H30N4O2. The quantitative estimate of drug-likeness (QED) is 0.829. The minimum atomic E-state index is -0.205. The van der Waals surface area contributed by atoms with Crippen LogP contribution in [0.25, 0.3) is 0 Å². The molecule has 0 saturated carbocycles. The summed E-state index contributed by atoms with van der Waals surface area (Å²) in [5.41, 5.74) is 2.53. The molecular weight excluding hydrogens is 352 g/mol. The third-order valence-corrected chi connectivity index (χ3v) is 5.66. The molecule has 2 fully saturated rings. The lowest BCUT2D eigenvalue weighted by molar-refractivity contribution is -0.0826. The van der Waals surface area contributed by atoms with E-state index >= 15 is 0 Å². The Hall–Kier alpha value is -2.02. The Labute approximate surface area is 167 Å². The zero-order chi connectivity index (χ0) is 19.2. The molecule has 0 unspecified atom stereocenters. The molecule has 150 valence electrons. The summed E-state index contributed by atoms with van der Waals surface area (Å²) in [6.07, 6.45) is 6.80. The fraction of sp³-hybridized carbons (Fsp3) is 0.545. The van der Waals surface area contributed by atoms with Crippen molar-refractivity contribution in [1.29, 1.82) is 0 Å². The molecule has 2 atom stereocenters. The molecule has 0 bridgehead atoms. The highest BCUT2D eigenvalue weighted by Crippen LogP contribution is 2.33. The number of anilines is 1. The normalized spacial score (nSPS) is 25.7. The van der Waals surface area contributed by atoms with Crippen molar-refractivity contribution >= 4 is 5.95 Å². The van der Waals surface area contributed by atoms with Crippen LogP contribution in [-0.4, -0.2) is 59.4 Å². The van der Waals surface area contributed by atoms with Gasteiger partial charge in [0.15, 0.2) is 0 Å². The van der Waals surface area contributed by atoms with Gasteiger partial charge in [0, 0.05) is 38.6 Å². The molecule has 3 heterocycles. The summed E-state index contributed by atoms with van der Waals surface area (Å²) in [4.78, 5) is 10.9. The van der Waals surface area contributed by atoms with Crippen molar-refractivity contribution < 1.29 is 9.47 Å². The Morgan fingerprint density at radius 2 is 1.96 bits per heavy atom. The van der Waals surface area contributed by atoms with E-state index in [1.54, 1.807) is 12.4 Å². The highest BCUT2D eigenvalue weighted by Gasteiger charge is 2.42. The smallest absolute Gasteiger partial charge is 0.222 e. The number of aromatic nitrogens is 2. The first-order valence-electron chi connectivity index (χ1n) is 10.3. The first-order chi connectivity index (χ1) is 13.7. The maximum absolute atomic E-state index is 6.51. The van der Waals surface area contributed by atoms with Gasteiger partial charge in [-0.3, -0.25) is 4.90 Å². The molecule has 0 radical (unpaired) electrons. The Morgan fingerprint density at radius 1 is 1.18 bits per heavy atom. The van der Waals surface area contributed by atoms with Crippen LogP contribution in [0.4, 0.5) is 5.95 Å². The second-order valence-electron chi connectivity index (χ2n) is 7.85. The molecule has 1 spiro atoms. The van der Waals surface area contributed by atoms with E-state index < -0.39 is 0 Å². The molecule has 1 aromatic carbocycles. The zero-order valence-corrected chi connectivity index (χ0v) is 16.6. The van der Waals surface area contributed by atoms with E-state index in [-0.39, 0.29) is 11.7 Å². The first-order valence-corrected chi connectivity index (χ1v) is 10.3. The average Bonchev–Trinajstić information content (AvgIpc) is 3.02. The Balaban J connectivity index is 1.34. The van der Waals surface area contributed by atoms with Gasteiger partial charge < -0.3 is 14.8 Å². The molecule has 1 N–H and O–H groups in total. The van der Waals surface area contributed by atoms with Crippen molar-refractivity contribution in [3.8, 4) is 0 Å². The van der Waals surface area contributed by atoms with E-state index in [9.17, 15) is 0 Å². The van der Waals surface area contributed by atoms with E-state index in [2.05, 4.69) is 51.4 Å². The summed E-state index contributed by atoms with van der Waals surface area (Å²) in [5, 5.41) is 3.28. The van der Waals surface area contributed by atoms with Crippen molar-refractivity contribution in [3.05, 3.63) is 53.9 Å². The van der Waals surface area contributed by atoms with Crippen LogP contribution in [0.15, 0.2) is 42.7 Å². The molecule has 1 aromatic heterocycles. The standard InChI is InChI=1S/C22H30N4O2/c1-2-18-4-6-19(7-5-18)15-26-12-13-27-17-22(16-26)9-8-20(28-22)14-25-21-23-10-3-11-24-21/h3-7,10-11,20H,2,8-9,12-17H2,1H3,(H,23,24,25)/t20-,22+/m1/s1. The lowest BCUT2D eigenvalue weighted by Gasteiger charge is -2.32. The summed E-state index contributed by atoms with van der Waals surface area (Å²) in [7, 11) is 0. The number of hydrogen-bond donors (Lipinski definition) is 1. The maximum atomic E-state index is 6.51. The van der Waals surface area contributed by atoms with Crippen molar-refractivity contribution in [2.45, 2.75) is 44.4 Å². The number of aryl methyl sites for hydroxylation is 1. The maximum Gasteiger partial charge on any atom is 0.222 e. The van der Waals surface area contributed by atoms with Crippen molar-refractivity contribution in [3.63, 3.8) is 0 Å². The van der Waals surface area contributed by atoms with E-state index in [1.807, 2.05) is 6.07 Å². The van der Waals surface area contributed by atoms with Crippen LogP contribution in [0.1, 0.15) is 30.9 Å². The lowest BCUT2D eigenvalue weighted by atomic mass is 9.99. The molecule has 2 aromatic rings. The van der Waals surface area contributed by atoms with Gasteiger partial charge in [-0.15, -0.1) is 0 Å². The van der Waals surface area contributed by atoms with Gasteiger partial charge in [-0.05, 0) is 36.5 Å².